The highest BCUT2D eigenvalue weighted by Crippen LogP contribution is 2.19. The third kappa shape index (κ3) is 4.57. The third-order valence-electron chi connectivity index (χ3n) is 3.56. The zero-order valence-electron chi connectivity index (χ0n) is 13.2. The fourth-order valence-corrected chi connectivity index (χ4v) is 2.50. The Balaban J connectivity index is 1.88. The van der Waals surface area contributed by atoms with Crippen molar-refractivity contribution in [2.75, 3.05) is 11.9 Å². The molecule has 5 heteroatoms. The maximum atomic E-state index is 12.0. The number of benzene rings is 2. The molecule has 2 rings (SSSR count). The first-order valence-corrected chi connectivity index (χ1v) is 7.75. The van der Waals surface area contributed by atoms with E-state index in [0.717, 1.165) is 16.7 Å². The molecule has 120 valence electrons. The van der Waals surface area contributed by atoms with Crippen molar-refractivity contribution < 1.29 is 9.59 Å². The minimum Gasteiger partial charge on any atom is -0.347 e. The molecule has 0 atom stereocenters. The summed E-state index contributed by atoms with van der Waals surface area (Å²) >= 11 is 6.05. The second-order valence-electron chi connectivity index (χ2n) is 5.32. The van der Waals surface area contributed by atoms with Crippen molar-refractivity contribution >= 4 is 29.1 Å². The van der Waals surface area contributed by atoms with E-state index in [9.17, 15) is 9.59 Å². The number of aryl methyl sites for hydroxylation is 2. The van der Waals surface area contributed by atoms with Crippen molar-refractivity contribution in [1.82, 2.24) is 5.32 Å². The summed E-state index contributed by atoms with van der Waals surface area (Å²) in [4.78, 5) is 23.9. The van der Waals surface area contributed by atoms with Crippen molar-refractivity contribution in [3.8, 4) is 0 Å². The smallest absolute Gasteiger partial charge is 0.313 e. The summed E-state index contributed by atoms with van der Waals surface area (Å²) in [6.07, 6.45) is 0.572. The molecule has 0 spiro atoms. The minimum absolute atomic E-state index is 0.350. The number of halogens is 1. The van der Waals surface area contributed by atoms with Crippen LogP contribution in [0.25, 0.3) is 0 Å². The number of para-hydroxylation sites is 1. The lowest BCUT2D eigenvalue weighted by molar-refractivity contribution is -0.136. The van der Waals surface area contributed by atoms with E-state index in [4.69, 9.17) is 11.6 Å². The van der Waals surface area contributed by atoms with Gasteiger partial charge in [0.2, 0.25) is 0 Å². The molecule has 0 fully saturated rings. The van der Waals surface area contributed by atoms with Crippen LogP contribution in [0.3, 0.4) is 0 Å². The molecule has 0 saturated carbocycles. The standard InChI is InChI=1S/C18H19ClN2O2/c1-12-6-5-7-13(2)16(12)21-18(23)17(22)20-11-10-14-8-3-4-9-15(14)19/h3-9H,10-11H2,1-2H3,(H,20,22)(H,21,23). The molecule has 0 aliphatic heterocycles. The average Bonchev–Trinajstić information content (AvgIpc) is 2.52. The van der Waals surface area contributed by atoms with Crippen LogP contribution >= 0.6 is 11.6 Å². The summed E-state index contributed by atoms with van der Waals surface area (Å²) in [5.74, 6) is -1.32. The molecule has 2 N–H and O–H groups in total. The first-order valence-electron chi connectivity index (χ1n) is 7.38. The Labute approximate surface area is 140 Å². The maximum Gasteiger partial charge on any atom is 0.313 e. The molecule has 0 saturated heterocycles. The van der Waals surface area contributed by atoms with E-state index in [2.05, 4.69) is 10.6 Å². The summed E-state index contributed by atoms with van der Waals surface area (Å²) in [6, 6.07) is 13.1. The SMILES string of the molecule is Cc1cccc(C)c1NC(=O)C(=O)NCCc1ccccc1Cl. The van der Waals surface area contributed by atoms with Crippen molar-refractivity contribution in [3.63, 3.8) is 0 Å². The van der Waals surface area contributed by atoms with Gasteiger partial charge in [-0.3, -0.25) is 9.59 Å². The van der Waals surface area contributed by atoms with E-state index in [1.807, 2.05) is 50.2 Å². The molecule has 2 aromatic rings. The van der Waals surface area contributed by atoms with Gasteiger partial charge in [0, 0.05) is 17.3 Å². The van der Waals surface area contributed by atoms with E-state index in [0.29, 0.717) is 23.7 Å². The van der Waals surface area contributed by atoms with E-state index in [-0.39, 0.29) is 0 Å². The number of nitrogens with one attached hydrogen (secondary N) is 2. The maximum absolute atomic E-state index is 12.0. The number of hydrogen-bond donors (Lipinski definition) is 2. The van der Waals surface area contributed by atoms with Crippen molar-refractivity contribution in [2.24, 2.45) is 0 Å². The number of carbonyl (C=O) groups is 2. The lowest BCUT2D eigenvalue weighted by atomic mass is 10.1. The zero-order valence-corrected chi connectivity index (χ0v) is 13.9. The van der Waals surface area contributed by atoms with Gasteiger partial charge in [-0.1, -0.05) is 48.0 Å². The van der Waals surface area contributed by atoms with Crippen LogP contribution in [0.2, 0.25) is 5.02 Å². The molecule has 2 aromatic carbocycles. The first kappa shape index (κ1) is 17.0. The third-order valence-corrected chi connectivity index (χ3v) is 3.93. The quantitative estimate of drug-likeness (QED) is 0.845. The summed E-state index contributed by atoms with van der Waals surface area (Å²) in [5.41, 5.74) is 3.45. The number of hydrogen-bond acceptors (Lipinski definition) is 2. The second kappa shape index (κ2) is 7.79. The molecule has 0 bridgehead atoms. The van der Waals surface area contributed by atoms with E-state index in [1.54, 1.807) is 6.07 Å². The van der Waals surface area contributed by atoms with Crippen molar-refractivity contribution in [2.45, 2.75) is 20.3 Å². The van der Waals surface area contributed by atoms with E-state index >= 15 is 0 Å². The van der Waals surface area contributed by atoms with Crippen LogP contribution in [0.15, 0.2) is 42.5 Å². The summed E-state index contributed by atoms with van der Waals surface area (Å²) in [7, 11) is 0. The van der Waals surface area contributed by atoms with Crippen LogP contribution in [-0.4, -0.2) is 18.4 Å². The van der Waals surface area contributed by atoms with Gasteiger partial charge >= 0.3 is 11.8 Å². The summed E-state index contributed by atoms with van der Waals surface area (Å²) < 4.78 is 0. The Morgan fingerprint density at radius 2 is 1.61 bits per heavy atom. The number of carbonyl (C=O) groups excluding carboxylic acids is 2. The van der Waals surface area contributed by atoms with Gasteiger partial charge in [0.1, 0.15) is 0 Å². The van der Waals surface area contributed by atoms with E-state index < -0.39 is 11.8 Å². The van der Waals surface area contributed by atoms with Gasteiger partial charge in [-0.2, -0.15) is 0 Å². The van der Waals surface area contributed by atoms with Crippen LogP contribution < -0.4 is 10.6 Å². The normalized spacial score (nSPS) is 10.2. The van der Waals surface area contributed by atoms with Gasteiger partial charge in [0.25, 0.3) is 0 Å². The minimum atomic E-state index is -0.665. The van der Waals surface area contributed by atoms with Crippen molar-refractivity contribution in [3.05, 3.63) is 64.2 Å². The molecule has 0 unspecified atom stereocenters. The lowest BCUT2D eigenvalue weighted by Crippen LogP contribution is -2.36. The summed E-state index contributed by atoms with van der Waals surface area (Å²) in [6.45, 7) is 4.12. The number of rotatable bonds is 4. The molecular weight excluding hydrogens is 312 g/mol. The largest absolute Gasteiger partial charge is 0.347 e. The number of amides is 2. The second-order valence-corrected chi connectivity index (χ2v) is 5.73. The molecule has 4 nitrogen and oxygen atoms in total. The molecule has 0 heterocycles. The Morgan fingerprint density at radius 3 is 2.26 bits per heavy atom. The summed E-state index contributed by atoms with van der Waals surface area (Å²) in [5, 5.41) is 5.92. The molecule has 23 heavy (non-hydrogen) atoms. The lowest BCUT2D eigenvalue weighted by Gasteiger charge is -2.11. The van der Waals surface area contributed by atoms with Gasteiger partial charge in [-0.25, -0.2) is 0 Å². The zero-order chi connectivity index (χ0) is 16.8. The van der Waals surface area contributed by atoms with E-state index in [1.165, 1.54) is 0 Å². The average molecular weight is 331 g/mol. The van der Waals surface area contributed by atoms with Crippen LogP contribution in [0.4, 0.5) is 5.69 Å². The molecular formula is C18H19ClN2O2. The highest BCUT2D eigenvalue weighted by molar-refractivity contribution is 6.39. The van der Waals surface area contributed by atoms with Gasteiger partial charge in [-0.05, 0) is 43.0 Å². The predicted molar refractivity (Wildman–Crippen MR) is 92.7 cm³/mol. The van der Waals surface area contributed by atoms with Crippen LogP contribution in [0.5, 0.6) is 0 Å². The Hall–Kier alpha value is -2.33. The molecule has 0 aliphatic carbocycles. The molecule has 0 radical (unpaired) electrons. The highest BCUT2D eigenvalue weighted by atomic mass is 35.5. The van der Waals surface area contributed by atoms with Gasteiger partial charge in [0.05, 0.1) is 0 Å². The topological polar surface area (TPSA) is 58.2 Å². The Bertz CT molecular complexity index is 708. The van der Waals surface area contributed by atoms with Crippen LogP contribution in [0, 0.1) is 13.8 Å². The first-order chi connectivity index (χ1) is 11.0. The fourth-order valence-electron chi connectivity index (χ4n) is 2.27. The van der Waals surface area contributed by atoms with Gasteiger partial charge in [-0.15, -0.1) is 0 Å². The van der Waals surface area contributed by atoms with Crippen LogP contribution in [-0.2, 0) is 16.0 Å². The Morgan fingerprint density at radius 1 is 0.957 bits per heavy atom. The molecule has 0 aromatic heterocycles. The van der Waals surface area contributed by atoms with Crippen LogP contribution in [0.1, 0.15) is 16.7 Å². The molecule has 0 aliphatic rings. The van der Waals surface area contributed by atoms with Crippen molar-refractivity contribution in [1.29, 1.82) is 0 Å². The predicted octanol–water partition coefficient (Wildman–Crippen LogP) is 3.25. The monoisotopic (exact) mass is 330 g/mol. The van der Waals surface area contributed by atoms with Gasteiger partial charge < -0.3 is 10.6 Å². The number of anilines is 1. The molecule has 2 amide bonds. The fraction of sp³-hybridized carbons (Fsp3) is 0.222. The van der Waals surface area contributed by atoms with Gasteiger partial charge in [0.15, 0.2) is 0 Å². The Kier molecular flexibility index (Phi) is 5.77. The highest BCUT2D eigenvalue weighted by Gasteiger charge is 2.15.